The maximum absolute atomic E-state index is 5.35. The smallest absolute Gasteiger partial charge is 0.131 e. The molecule has 0 unspecified atom stereocenters. The van der Waals surface area contributed by atoms with Gasteiger partial charge in [-0.2, -0.15) is 0 Å². The SMILES string of the molecule is CN(C)CCNc1cccc(N2CCOCC2)n1. The Balaban J connectivity index is 1.91. The van der Waals surface area contributed by atoms with Crippen LogP contribution in [0.4, 0.5) is 11.6 Å². The molecule has 0 atom stereocenters. The van der Waals surface area contributed by atoms with Crippen molar-refractivity contribution < 1.29 is 4.74 Å². The summed E-state index contributed by atoms with van der Waals surface area (Å²) in [7, 11) is 4.14. The van der Waals surface area contributed by atoms with Crippen LogP contribution in [0.3, 0.4) is 0 Å². The second kappa shape index (κ2) is 6.56. The standard InChI is InChI=1S/C13H22N4O/c1-16(2)7-6-14-12-4-3-5-13(15-12)17-8-10-18-11-9-17/h3-5H,6-11H2,1-2H3,(H,14,15). The molecule has 0 amide bonds. The zero-order valence-corrected chi connectivity index (χ0v) is 11.2. The Labute approximate surface area is 109 Å². The molecule has 1 N–H and O–H groups in total. The van der Waals surface area contributed by atoms with Gasteiger partial charge in [0.25, 0.3) is 0 Å². The number of ether oxygens (including phenoxy) is 1. The molecule has 18 heavy (non-hydrogen) atoms. The lowest BCUT2D eigenvalue weighted by Crippen LogP contribution is -2.36. The van der Waals surface area contributed by atoms with Crippen molar-refractivity contribution in [2.75, 3.05) is 63.7 Å². The summed E-state index contributed by atoms with van der Waals surface area (Å²) in [5.74, 6) is 1.98. The minimum atomic E-state index is 0.792. The van der Waals surface area contributed by atoms with Crippen LogP contribution in [0, 0.1) is 0 Å². The molecular weight excluding hydrogens is 228 g/mol. The summed E-state index contributed by atoms with van der Waals surface area (Å²) in [6.07, 6.45) is 0. The van der Waals surface area contributed by atoms with E-state index in [1.165, 1.54) is 0 Å². The van der Waals surface area contributed by atoms with Crippen LogP contribution in [0.1, 0.15) is 0 Å². The van der Waals surface area contributed by atoms with E-state index in [0.717, 1.165) is 51.0 Å². The number of morpholine rings is 1. The minimum Gasteiger partial charge on any atom is -0.378 e. The van der Waals surface area contributed by atoms with Gasteiger partial charge in [0, 0.05) is 26.2 Å². The van der Waals surface area contributed by atoms with Crippen LogP contribution >= 0.6 is 0 Å². The lowest BCUT2D eigenvalue weighted by atomic mass is 10.3. The molecule has 100 valence electrons. The first kappa shape index (κ1) is 13.1. The molecular formula is C13H22N4O. The minimum absolute atomic E-state index is 0.792. The largest absolute Gasteiger partial charge is 0.378 e. The summed E-state index contributed by atoms with van der Waals surface area (Å²) >= 11 is 0. The molecule has 5 heteroatoms. The highest BCUT2D eigenvalue weighted by Gasteiger charge is 2.12. The number of pyridine rings is 1. The van der Waals surface area contributed by atoms with Gasteiger partial charge in [-0.25, -0.2) is 4.98 Å². The highest BCUT2D eigenvalue weighted by molar-refractivity contribution is 5.47. The number of aromatic nitrogens is 1. The van der Waals surface area contributed by atoms with E-state index >= 15 is 0 Å². The third kappa shape index (κ3) is 3.85. The predicted octanol–water partition coefficient (Wildman–Crippen LogP) is 0.892. The van der Waals surface area contributed by atoms with Gasteiger partial charge in [-0.1, -0.05) is 6.07 Å². The number of rotatable bonds is 5. The second-order valence-corrected chi connectivity index (χ2v) is 4.71. The Morgan fingerprint density at radius 2 is 2.11 bits per heavy atom. The number of hydrogen-bond donors (Lipinski definition) is 1. The third-order valence-corrected chi connectivity index (χ3v) is 2.93. The molecule has 0 saturated carbocycles. The van der Waals surface area contributed by atoms with Crippen molar-refractivity contribution >= 4 is 11.6 Å². The average molecular weight is 250 g/mol. The van der Waals surface area contributed by atoms with Gasteiger partial charge >= 0.3 is 0 Å². The molecule has 5 nitrogen and oxygen atoms in total. The van der Waals surface area contributed by atoms with Crippen molar-refractivity contribution in [3.8, 4) is 0 Å². The fourth-order valence-electron chi connectivity index (χ4n) is 1.90. The van der Waals surface area contributed by atoms with Crippen molar-refractivity contribution in [2.45, 2.75) is 0 Å². The molecule has 0 radical (unpaired) electrons. The molecule has 0 spiro atoms. The van der Waals surface area contributed by atoms with E-state index < -0.39 is 0 Å². The van der Waals surface area contributed by atoms with E-state index in [2.05, 4.69) is 46.3 Å². The van der Waals surface area contributed by atoms with Gasteiger partial charge in [0.05, 0.1) is 13.2 Å². The van der Waals surface area contributed by atoms with Crippen LogP contribution in [0.25, 0.3) is 0 Å². The topological polar surface area (TPSA) is 40.6 Å². The van der Waals surface area contributed by atoms with E-state index in [-0.39, 0.29) is 0 Å². The van der Waals surface area contributed by atoms with Crippen LogP contribution in [0.5, 0.6) is 0 Å². The molecule has 2 rings (SSSR count). The summed E-state index contributed by atoms with van der Waals surface area (Å²) in [4.78, 5) is 9.05. The number of nitrogens with zero attached hydrogens (tertiary/aromatic N) is 3. The molecule has 1 aromatic heterocycles. The zero-order chi connectivity index (χ0) is 12.8. The molecule has 1 aliphatic heterocycles. The number of anilines is 2. The summed E-state index contributed by atoms with van der Waals surface area (Å²) < 4.78 is 5.35. The molecule has 1 aliphatic rings. The van der Waals surface area contributed by atoms with Crippen LogP contribution in [0.2, 0.25) is 0 Å². The number of hydrogen-bond acceptors (Lipinski definition) is 5. The van der Waals surface area contributed by atoms with E-state index in [4.69, 9.17) is 4.74 Å². The highest BCUT2D eigenvalue weighted by Crippen LogP contribution is 2.15. The van der Waals surface area contributed by atoms with Crippen LogP contribution < -0.4 is 10.2 Å². The number of nitrogens with one attached hydrogen (secondary N) is 1. The molecule has 1 aromatic rings. The van der Waals surface area contributed by atoms with E-state index in [1.54, 1.807) is 0 Å². The number of likely N-dealkylation sites (N-methyl/N-ethyl adjacent to an activating group) is 1. The van der Waals surface area contributed by atoms with Gasteiger partial charge in [-0.15, -0.1) is 0 Å². The first-order valence-electron chi connectivity index (χ1n) is 6.44. The van der Waals surface area contributed by atoms with Gasteiger partial charge in [-0.3, -0.25) is 0 Å². The lowest BCUT2D eigenvalue weighted by molar-refractivity contribution is 0.122. The maximum Gasteiger partial charge on any atom is 0.131 e. The Kier molecular flexibility index (Phi) is 4.78. The molecule has 0 bridgehead atoms. The van der Waals surface area contributed by atoms with Gasteiger partial charge in [0.15, 0.2) is 0 Å². The fourth-order valence-corrected chi connectivity index (χ4v) is 1.90. The fraction of sp³-hybridized carbons (Fsp3) is 0.615. The summed E-state index contributed by atoms with van der Waals surface area (Å²) in [5.41, 5.74) is 0. The van der Waals surface area contributed by atoms with Gasteiger partial charge in [0.1, 0.15) is 11.6 Å². The van der Waals surface area contributed by atoms with Gasteiger partial charge in [-0.05, 0) is 26.2 Å². The van der Waals surface area contributed by atoms with Crippen molar-refractivity contribution in [3.05, 3.63) is 18.2 Å². The van der Waals surface area contributed by atoms with Crippen molar-refractivity contribution in [1.82, 2.24) is 9.88 Å². The lowest BCUT2D eigenvalue weighted by Gasteiger charge is -2.28. The summed E-state index contributed by atoms with van der Waals surface area (Å²) in [5, 5.41) is 3.34. The molecule has 2 heterocycles. The monoisotopic (exact) mass is 250 g/mol. The van der Waals surface area contributed by atoms with Gasteiger partial charge in [0.2, 0.25) is 0 Å². The molecule has 1 saturated heterocycles. The van der Waals surface area contributed by atoms with E-state index in [9.17, 15) is 0 Å². The zero-order valence-electron chi connectivity index (χ0n) is 11.2. The second-order valence-electron chi connectivity index (χ2n) is 4.71. The summed E-state index contributed by atoms with van der Waals surface area (Å²) in [6.45, 7) is 5.35. The highest BCUT2D eigenvalue weighted by atomic mass is 16.5. The molecule has 1 fully saturated rings. The van der Waals surface area contributed by atoms with Crippen molar-refractivity contribution in [2.24, 2.45) is 0 Å². The van der Waals surface area contributed by atoms with E-state index in [1.807, 2.05) is 6.07 Å². The van der Waals surface area contributed by atoms with Gasteiger partial charge < -0.3 is 19.9 Å². The summed E-state index contributed by atoms with van der Waals surface area (Å²) in [6, 6.07) is 6.12. The molecule has 0 aliphatic carbocycles. The Bertz CT molecular complexity index is 364. The van der Waals surface area contributed by atoms with Crippen LogP contribution in [-0.4, -0.2) is 63.4 Å². The Morgan fingerprint density at radius 1 is 1.33 bits per heavy atom. The first-order valence-corrected chi connectivity index (χ1v) is 6.44. The Hall–Kier alpha value is -1.33. The molecule has 0 aromatic carbocycles. The van der Waals surface area contributed by atoms with Crippen molar-refractivity contribution in [3.63, 3.8) is 0 Å². The normalized spacial score (nSPS) is 16.1. The predicted molar refractivity (Wildman–Crippen MR) is 74.3 cm³/mol. The van der Waals surface area contributed by atoms with Crippen LogP contribution in [0.15, 0.2) is 18.2 Å². The average Bonchev–Trinajstić information content (AvgIpc) is 2.40. The Morgan fingerprint density at radius 3 is 2.83 bits per heavy atom. The quantitative estimate of drug-likeness (QED) is 0.840. The first-order chi connectivity index (χ1) is 8.75. The van der Waals surface area contributed by atoms with E-state index in [0.29, 0.717) is 0 Å². The maximum atomic E-state index is 5.35. The third-order valence-electron chi connectivity index (χ3n) is 2.93. The van der Waals surface area contributed by atoms with Crippen LogP contribution in [-0.2, 0) is 4.74 Å². The van der Waals surface area contributed by atoms with Crippen molar-refractivity contribution in [1.29, 1.82) is 0 Å².